The van der Waals surface area contributed by atoms with Crippen LogP contribution in [-0.4, -0.2) is 59.9 Å². The highest BCUT2D eigenvalue weighted by molar-refractivity contribution is 5.90. The highest BCUT2D eigenvalue weighted by atomic mass is 16.6. The average molecular weight is 633 g/mol. The van der Waals surface area contributed by atoms with Crippen molar-refractivity contribution in [2.45, 2.75) is 230 Å². The molecule has 0 aromatic carbocycles. The maximum atomic E-state index is 11.7. The van der Waals surface area contributed by atoms with Gasteiger partial charge in [0.15, 0.2) is 0 Å². The summed E-state index contributed by atoms with van der Waals surface area (Å²) in [6.07, 6.45) is 33.8. The normalized spacial score (nSPS) is 31.0. The number of aliphatic hydroxyl groups excluding tert-OH is 1. The van der Waals surface area contributed by atoms with Crippen LogP contribution in [0.5, 0.6) is 0 Å². The van der Waals surface area contributed by atoms with Gasteiger partial charge < -0.3 is 24.1 Å². The predicted octanol–water partition coefficient (Wildman–Crippen LogP) is 9.68. The van der Waals surface area contributed by atoms with Gasteiger partial charge in [0, 0.05) is 5.57 Å². The Kier molecular flexibility index (Phi) is 17.3. The molecule has 4 aliphatic rings. The second kappa shape index (κ2) is 21.1. The summed E-state index contributed by atoms with van der Waals surface area (Å²) >= 11 is 0. The number of cyclic esters (lactones) is 1. The van der Waals surface area contributed by atoms with Gasteiger partial charge in [0.1, 0.15) is 6.10 Å². The first-order valence-electron chi connectivity index (χ1n) is 19.6. The summed E-state index contributed by atoms with van der Waals surface area (Å²) in [6.45, 7) is 4.20. The maximum Gasteiger partial charge on any atom is 0.334 e. The van der Waals surface area contributed by atoms with Crippen LogP contribution < -0.4 is 0 Å². The van der Waals surface area contributed by atoms with Crippen molar-refractivity contribution in [1.29, 1.82) is 0 Å². The monoisotopic (exact) mass is 633 g/mol. The minimum Gasteiger partial charge on any atom is -0.455 e. The number of ether oxygens (including phenoxy) is 4. The standard InChI is InChI=1S/C39H68O6/c1-3-4-5-6-14-17-21-32-22-19-24-35(43-32)36-27-28-38(45-36)37-26-25-34(44-37)33(40)23-18-15-12-10-8-7-9-11-13-16-20-31-29-30(2)42-39(31)41/h29-30,32-38,40H,3-28H2,1-2H3/t30-,32?,33+,34+,35?,36?,37+,38?/m0/s1. The van der Waals surface area contributed by atoms with Gasteiger partial charge in [-0.1, -0.05) is 103 Å². The van der Waals surface area contributed by atoms with Crippen LogP contribution in [0.15, 0.2) is 11.6 Å². The van der Waals surface area contributed by atoms with E-state index in [0.29, 0.717) is 6.10 Å². The summed E-state index contributed by atoms with van der Waals surface area (Å²) in [5.41, 5.74) is 0.875. The molecule has 0 saturated carbocycles. The smallest absolute Gasteiger partial charge is 0.334 e. The Morgan fingerprint density at radius 1 is 0.689 bits per heavy atom. The van der Waals surface area contributed by atoms with Crippen molar-refractivity contribution in [2.24, 2.45) is 0 Å². The van der Waals surface area contributed by atoms with Crippen molar-refractivity contribution in [3.05, 3.63) is 11.6 Å². The summed E-state index contributed by atoms with van der Waals surface area (Å²) in [6, 6.07) is 0. The van der Waals surface area contributed by atoms with E-state index in [1.54, 1.807) is 0 Å². The van der Waals surface area contributed by atoms with Crippen LogP contribution in [0.25, 0.3) is 0 Å². The molecule has 0 radical (unpaired) electrons. The summed E-state index contributed by atoms with van der Waals surface area (Å²) in [7, 11) is 0. The van der Waals surface area contributed by atoms with Crippen LogP contribution in [0.3, 0.4) is 0 Å². The van der Waals surface area contributed by atoms with E-state index < -0.39 is 0 Å². The lowest BCUT2D eigenvalue weighted by molar-refractivity contribution is -0.145. The molecule has 260 valence electrons. The van der Waals surface area contributed by atoms with E-state index in [-0.39, 0.29) is 48.7 Å². The Hall–Kier alpha value is -0.950. The fraction of sp³-hybridized carbons (Fsp3) is 0.923. The van der Waals surface area contributed by atoms with Crippen LogP contribution in [-0.2, 0) is 23.7 Å². The van der Waals surface area contributed by atoms with E-state index in [0.717, 1.165) is 63.4 Å². The summed E-state index contributed by atoms with van der Waals surface area (Å²) < 4.78 is 24.7. The molecule has 4 rings (SSSR count). The minimum absolute atomic E-state index is 0.0238. The zero-order valence-corrected chi connectivity index (χ0v) is 29.1. The van der Waals surface area contributed by atoms with Crippen LogP contribution in [0.2, 0.25) is 0 Å². The third-order valence-corrected chi connectivity index (χ3v) is 10.9. The van der Waals surface area contributed by atoms with Crippen molar-refractivity contribution in [2.75, 3.05) is 0 Å². The van der Waals surface area contributed by atoms with Crippen molar-refractivity contribution >= 4 is 5.97 Å². The van der Waals surface area contributed by atoms with Crippen LogP contribution >= 0.6 is 0 Å². The van der Waals surface area contributed by atoms with Gasteiger partial charge in [-0.3, -0.25) is 0 Å². The van der Waals surface area contributed by atoms with Crippen molar-refractivity contribution in [3.8, 4) is 0 Å². The molecule has 0 aliphatic carbocycles. The molecule has 6 heteroatoms. The molecule has 1 N–H and O–H groups in total. The Balaban J connectivity index is 0.969. The van der Waals surface area contributed by atoms with Gasteiger partial charge in [0.25, 0.3) is 0 Å². The number of unbranched alkanes of at least 4 members (excludes halogenated alkanes) is 14. The van der Waals surface area contributed by atoms with E-state index in [4.69, 9.17) is 18.9 Å². The molecule has 3 saturated heterocycles. The number of aliphatic hydroxyl groups is 1. The van der Waals surface area contributed by atoms with Crippen molar-refractivity contribution < 1.29 is 28.8 Å². The largest absolute Gasteiger partial charge is 0.455 e. The zero-order valence-electron chi connectivity index (χ0n) is 29.1. The number of hydrogen-bond acceptors (Lipinski definition) is 6. The van der Waals surface area contributed by atoms with Crippen LogP contribution in [0.1, 0.15) is 181 Å². The summed E-state index contributed by atoms with van der Waals surface area (Å²) in [4.78, 5) is 11.7. The lowest BCUT2D eigenvalue weighted by Gasteiger charge is -2.34. The van der Waals surface area contributed by atoms with E-state index >= 15 is 0 Å². The third kappa shape index (κ3) is 13.2. The average Bonchev–Trinajstić information content (AvgIpc) is 3.80. The topological polar surface area (TPSA) is 74.2 Å². The van der Waals surface area contributed by atoms with E-state index in [1.807, 2.05) is 13.0 Å². The quantitative estimate of drug-likeness (QED) is 0.0893. The maximum absolute atomic E-state index is 11.7. The molecule has 0 bridgehead atoms. The second-order valence-electron chi connectivity index (χ2n) is 14.8. The first-order valence-corrected chi connectivity index (χ1v) is 19.6. The number of carbonyl (C=O) groups excluding carboxylic acids is 1. The highest BCUT2D eigenvalue weighted by Crippen LogP contribution is 2.37. The first kappa shape index (κ1) is 36.9. The fourth-order valence-electron chi connectivity index (χ4n) is 8.13. The fourth-order valence-corrected chi connectivity index (χ4v) is 8.13. The second-order valence-corrected chi connectivity index (χ2v) is 14.8. The summed E-state index contributed by atoms with van der Waals surface area (Å²) in [5, 5.41) is 10.9. The van der Waals surface area contributed by atoms with Gasteiger partial charge in [-0.2, -0.15) is 0 Å². The summed E-state index contributed by atoms with van der Waals surface area (Å²) in [5.74, 6) is -0.112. The van der Waals surface area contributed by atoms with Crippen LogP contribution in [0.4, 0.5) is 0 Å². The molecule has 4 heterocycles. The molecular weight excluding hydrogens is 564 g/mol. The lowest BCUT2D eigenvalue weighted by Crippen LogP contribution is -2.38. The third-order valence-electron chi connectivity index (χ3n) is 10.9. The number of esters is 1. The molecule has 3 fully saturated rings. The van der Waals surface area contributed by atoms with Gasteiger partial charge in [-0.05, 0) is 83.6 Å². The number of rotatable bonds is 23. The molecule has 0 spiro atoms. The Morgan fingerprint density at radius 3 is 1.93 bits per heavy atom. The minimum atomic E-state index is -0.346. The molecule has 0 aromatic rings. The molecule has 0 aromatic heterocycles. The van der Waals surface area contributed by atoms with Gasteiger partial charge in [-0.25, -0.2) is 4.79 Å². The van der Waals surface area contributed by atoms with E-state index in [2.05, 4.69) is 6.92 Å². The Morgan fingerprint density at radius 2 is 1.27 bits per heavy atom. The van der Waals surface area contributed by atoms with Crippen molar-refractivity contribution in [1.82, 2.24) is 0 Å². The number of carbonyl (C=O) groups is 1. The van der Waals surface area contributed by atoms with Crippen LogP contribution in [0, 0.1) is 0 Å². The molecule has 8 atom stereocenters. The predicted molar refractivity (Wildman–Crippen MR) is 181 cm³/mol. The Labute approximate surface area is 275 Å². The molecule has 45 heavy (non-hydrogen) atoms. The van der Waals surface area contributed by atoms with Gasteiger partial charge >= 0.3 is 5.97 Å². The molecular formula is C39H68O6. The molecule has 4 unspecified atom stereocenters. The SMILES string of the molecule is CCCCCCCCC1CCCC(C2CCC([C@H]3CC[C@H]([C@H](O)CCCCCCCCCCCCC4=C[C@H](C)OC4=O)O3)O2)O1. The van der Waals surface area contributed by atoms with Gasteiger partial charge in [0.05, 0.1) is 42.7 Å². The first-order chi connectivity index (χ1) is 22.0. The molecule has 0 amide bonds. The lowest BCUT2D eigenvalue weighted by atomic mass is 9.95. The zero-order chi connectivity index (χ0) is 31.7. The van der Waals surface area contributed by atoms with E-state index in [9.17, 15) is 9.90 Å². The number of hydrogen-bond donors (Lipinski definition) is 1. The van der Waals surface area contributed by atoms with E-state index in [1.165, 1.54) is 109 Å². The molecule has 6 nitrogen and oxygen atoms in total. The van der Waals surface area contributed by atoms with Crippen molar-refractivity contribution in [3.63, 3.8) is 0 Å². The van der Waals surface area contributed by atoms with Gasteiger partial charge in [0.2, 0.25) is 0 Å². The Bertz CT molecular complexity index is 843. The highest BCUT2D eigenvalue weighted by Gasteiger charge is 2.42. The van der Waals surface area contributed by atoms with Gasteiger partial charge in [-0.15, -0.1) is 0 Å². The molecule has 4 aliphatic heterocycles.